The second-order valence-electron chi connectivity index (χ2n) is 7.77. The summed E-state index contributed by atoms with van der Waals surface area (Å²) in [4.78, 5) is 32.5. The van der Waals surface area contributed by atoms with E-state index in [1.54, 1.807) is 15.8 Å². The Bertz CT molecular complexity index is 1140. The lowest BCUT2D eigenvalue weighted by atomic mass is 9.99. The molecule has 0 saturated carbocycles. The number of carbonyl (C=O) groups is 1. The van der Waals surface area contributed by atoms with Crippen molar-refractivity contribution in [1.29, 1.82) is 0 Å². The third-order valence-electron chi connectivity index (χ3n) is 5.27. The van der Waals surface area contributed by atoms with Crippen LogP contribution in [0.2, 0.25) is 0 Å². The van der Waals surface area contributed by atoms with Gasteiger partial charge in [0.05, 0.1) is 30.5 Å². The number of rotatable bonds is 4. The average Bonchev–Trinajstić information content (AvgIpc) is 3.13. The number of pyridine rings is 1. The first-order valence-electron chi connectivity index (χ1n) is 9.72. The zero-order chi connectivity index (χ0) is 21.4. The summed E-state index contributed by atoms with van der Waals surface area (Å²) in [5.74, 6) is -0.950. The number of H-pyrrole nitrogens is 1. The highest BCUT2D eigenvalue weighted by molar-refractivity contribution is 5.95. The number of nitrogens with one attached hydrogen (secondary N) is 1. The number of benzene rings is 1. The molecule has 3 aromatic rings. The van der Waals surface area contributed by atoms with Gasteiger partial charge < -0.3 is 19.5 Å². The fourth-order valence-electron chi connectivity index (χ4n) is 3.97. The summed E-state index contributed by atoms with van der Waals surface area (Å²) in [6.45, 7) is 1.32. The van der Waals surface area contributed by atoms with E-state index in [0.717, 1.165) is 5.56 Å². The van der Waals surface area contributed by atoms with Crippen LogP contribution in [0, 0.1) is 5.82 Å². The third kappa shape index (κ3) is 3.73. The van der Waals surface area contributed by atoms with Crippen LogP contribution in [-0.2, 0) is 11.8 Å². The summed E-state index contributed by atoms with van der Waals surface area (Å²) in [6, 6.07) is 5.11. The van der Waals surface area contributed by atoms with Crippen molar-refractivity contribution in [1.82, 2.24) is 24.6 Å². The summed E-state index contributed by atoms with van der Waals surface area (Å²) in [5, 5.41) is 4.45. The molecule has 1 saturated heterocycles. The van der Waals surface area contributed by atoms with Crippen LogP contribution in [0.25, 0.3) is 10.9 Å². The topological polar surface area (TPSA) is 83.5 Å². The summed E-state index contributed by atoms with van der Waals surface area (Å²) in [7, 11) is 5.69. The van der Waals surface area contributed by atoms with E-state index in [9.17, 15) is 14.0 Å². The van der Waals surface area contributed by atoms with Gasteiger partial charge in [-0.3, -0.25) is 14.3 Å². The minimum absolute atomic E-state index is 0.0318. The molecule has 1 aromatic carbocycles. The number of nitrogens with zero attached hydrogens (tertiary/aromatic N) is 4. The molecule has 158 valence electrons. The van der Waals surface area contributed by atoms with Gasteiger partial charge in [-0.25, -0.2) is 4.39 Å². The van der Waals surface area contributed by atoms with Crippen molar-refractivity contribution in [2.45, 2.75) is 12.1 Å². The number of para-hydroxylation sites is 1. The van der Waals surface area contributed by atoms with Gasteiger partial charge in [-0.2, -0.15) is 5.10 Å². The van der Waals surface area contributed by atoms with Crippen molar-refractivity contribution in [3.8, 4) is 0 Å². The number of aromatic nitrogens is 3. The fourth-order valence-corrected chi connectivity index (χ4v) is 3.97. The Morgan fingerprint density at radius 3 is 2.90 bits per heavy atom. The van der Waals surface area contributed by atoms with E-state index in [-0.39, 0.29) is 34.6 Å². The van der Waals surface area contributed by atoms with Crippen molar-refractivity contribution in [2.75, 3.05) is 33.8 Å². The van der Waals surface area contributed by atoms with Crippen molar-refractivity contribution in [3.05, 3.63) is 64.0 Å². The molecule has 4 rings (SSSR count). The minimum atomic E-state index is -0.574. The number of halogens is 1. The summed E-state index contributed by atoms with van der Waals surface area (Å²) in [6.07, 6.45) is 3.29. The zero-order valence-electron chi connectivity index (χ0n) is 17.1. The van der Waals surface area contributed by atoms with Gasteiger partial charge in [0, 0.05) is 43.4 Å². The Labute approximate surface area is 172 Å². The molecule has 8 nitrogen and oxygen atoms in total. The van der Waals surface area contributed by atoms with Crippen LogP contribution in [0.1, 0.15) is 22.1 Å². The van der Waals surface area contributed by atoms with Gasteiger partial charge in [0.2, 0.25) is 0 Å². The van der Waals surface area contributed by atoms with Gasteiger partial charge in [0.25, 0.3) is 5.91 Å². The molecule has 0 spiro atoms. The van der Waals surface area contributed by atoms with E-state index in [2.05, 4.69) is 10.1 Å². The molecule has 3 heterocycles. The number of morpholine rings is 1. The number of amides is 1. The maximum atomic E-state index is 14.3. The molecular formula is C21H24FN5O3. The first-order valence-corrected chi connectivity index (χ1v) is 9.72. The standard InChI is InChI=1S/C21H24FN5O3/c1-25(2)12-18-20(13-10-23-26(3)11-13)27(7-8-30-18)21(29)16-9-17(28)14-5-4-6-15(22)19(14)24-16/h4-6,9-11,18,20H,7-8,12H2,1-3H3,(H,24,28)/t18-,20-/m0/s1. The largest absolute Gasteiger partial charge is 0.373 e. The predicted molar refractivity (Wildman–Crippen MR) is 110 cm³/mol. The van der Waals surface area contributed by atoms with E-state index in [1.165, 1.54) is 24.3 Å². The molecule has 1 aliphatic heterocycles. The molecule has 1 fully saturated rings. The molecule has 0 radical (unpaired) electrons. The maximum Gasteiger partial charge on any atom is 0.271 e. The van der Waals surface area contributed by atoms with Crippen molar-refractivity contribution in [3.63, 3.8) is 0 Å². The van der Waals surface area contributed by atoms with Crippen LogP contribution in [-0.4, -0.2) is 70.4 Å². The zero-order valence-corrected chi connectivity index (χ0v) is 17.1. The highest BCUT2D eigenvalue weighted by Crippen LogP contribution is 2.31. The molecule has 2 atom stereocenters. The number of hydrogen-bond donors (Lipinski definition) is 1. The first-order chi connectivity index (χ1) is 14.3. The van der Waals surface area contributed by atoms with Gasteiger partial charge in [0.1, 0.15) is 11.5 Å². The molecule has 0 unspecified atom stereocenters. The van der Waals surface area contributed by atoms with E-state index in [1.807, 2.05) is 32.2 Å². The molecule has 1 N–H and O–H groups in total. The Morgan fingerprint density at radius 2 is 2.20 bits per heavy atom. The molecule has 0 bridgehead atoms. The number of aryl methyl sites for hydroxylation is 1. The first kappa shape index (κ1) is 20.2. The monoisotopic (exact) mass is 413 g/mol. The summed E-state index contributed by atoms with van der Waals surface area (Å²) < 4.78 is 21.9. The second-order valence-corrected chi connectivity index (χ2v) is 7.77. The van der Waals surface area contributed by atoms with E-state index in [4.69, 9.17) is 4.74 Å². The quantitative estimate of drug-likeness (QED) is 0.702. The Balaban J connectivity index is 1.76. The summed E-state index contributed by atoms with van der Waals surface area (Å²) in [5.41, 5.74) is 0.524. The molecule has 30 heavy (non-hydrogen) atoms. The SMILES string of the molecule is CN(C)C[C@@H]1OCCN(C(=O)c2cc(=O)c3cccc(F)c3[nH]2)[C@H]1c1cnn(C)c1. The molecule has 9 heteroatoms. The number of fused-ring (bicyclic) bond motifs is 1. The average molecular weight is 413 g/mol. The molecule has 1 aliphatic rings. The highest BCUT2D eigenvalue weighted by atomic mass is 19.1. The van der Waals surface area contributed by atoms with Gasteiger partial charge in [-0.15, -0.1) is 0 Å². The third-order valence-corrected chi connectivity index (χ3v) is 5.27. The molecule has 2 aromatic heterocycles. The number of aromatic amines is 1. The van der Waals surface area contributed by atoms with Gasteiger partial charge >= 0.3 is 0 Å². The number of hydrogen-bond acceptors (Lipinski definition) is 5. The number of carbonyl (C=O) groups excluding carboxylic acids is 1. The van der Waals surface area contributed by atoms with E-state index >= 15 is 0 Å². The lowest BCUT2D eigenvalue weighted by molar-refractivity contribution is -0.0686. The Kier molecular flexibility index (Phi) is 5.40. The van der Waals surface area contributed by atoms with Crippen LogP contribution in [0.3, 0.4) is 0 Å². The van der Waals surface area contributed by atoms with Crippen LogP contribution < -0.4 is 5.43 Å². The van der Waals surface area contributed by atoms with Gasteiger partial charge in [-0.1, -0.05) is 6.07 Å². The molecule has 0 aliphatic carbocycles. The Morgan fingerprint density at radius 1 is 1.40 bits per heavy atom. The number of likely N-dealkylation sites (N-methyl/N-ethyl adjacent to an activating group) is 1. The molecule has 1 amide bonds. The fraction of sp³-hybridized carbons (Fsp3) is 0.381. The molecular weight excluding hydrogens is 389 g/mol. The van der Waals surface area contributed by atoms with E-state index in [0.29, 0.717) is 19.7 Å². The Hall–Kier alpha value is -3.04. The maximum absolute atomic E-state index is 14.3. The van der Waals surface area contributed by atoms with Gasteiger partial charge in [-0.05, 0) is 26.2 Å². The van der Waals surface area contributed by atoms with Crippen molar-refractivity contribution < 1.29 is 13.9 Å². The predicted octanol–water partition coefficient (Wildman–Crippen LogP) is 1.54. The minimum Gasteiger partial charge on any atom is -0.373 e. The normalized spacial score (nSPS) is 19.6. The second kappa shape index (κ2) is 8.00. The van der Waals surface area contributed by atoms with Crippen LogP contribution in [0.4, 0.5) is 4.39 Å². The van der Waals surface area contributed by atoms with Crippen molar-refractivity contribution in [2.24, 2.45) is 7.05 Å². The van der Waals surface area contributed by atoms with E-state index < -0.39 is 11.2 Å². The van der Waals surface area contributed by atoms with Gasteiger partial charge in [0.15, 0.2) is 5.43 Å². The smallest absolute Gasteiger partial charge is 0.271 e. The number of ether oxygens (including phenoxy) is 1. The highest BCUT2D eigenvalue weighted by Gasteiger charge is 2.38. The van der Waals surface area contributed by atoms with Crippen LogP contribution in [0.15, 0.2) is 41.5 Å². The van der Waals surface area contributed by atoms with Crippen LogP contribution >= 0.6 is 0 Å². The lowest BCUT2D eigenvalue weighted by Crippen LogP contribution is -2.51. The van der Waals surface area contributed by atoms with Crippen LogP contribution in [0.5, 0.6) is 0 Å². The lowest BCUT2D eigenvalue weighted by Gasteiger charge is -2.41. The summed E-state index contributed by atoms with van der Waals surface area (Å²) >= 11 is 0. The van der Waals surface area contributed by atoms with Crippen molar-refractivity contribution >= 4 is 16.8 Å².